The van der Waals surface area contributed by atoms with Gasteiger partial charge in [0.1, 0.15) is 12.2 Å². The fraction of sp³-hybridized carbons (Fsp3) is 0.176. The molecule has 0 spiro atoms. The number of hydrogen-bond acceptors (Lipinski definition) is 4. The average Bonchev–Trinajstić information content (AvgIpc) is 3.01. The number of halogens is 3. The Morgan fingerprint density at radius 2 is 1.76 bits per heavy atom. The summed E-state index contributed by atoms with van der Waals surface area (Å²) in [4.78, 5) is 0. The molecule has 3 rings (SSSR count). The zero-order valence-corrected chi connectivity index (χ0v) is 12.7. The predicted molar refractivity (Wildman–Crippen MR) is 82.2 cm³/mol. The summed E-state index contributed by atoms with van der Waals surface area (Å²) in [7, 11) is 0. The van der Waals surface area contributed by atoms with Crippen LogP contribution in [-0.2, 0) is 4.74 Å². The summed E-state index contributed by atoms with van der Waals surface area (Å²) in [5.74, 6) is 5.10. The monoisotopic (exact) mass is 347 g/mol. The number of benzene rings is 1. The molecule has 0 radical (unpaired) electrons. The van der Waals surface area contributed by atoms with E-state index < -0.39 is 18.6 Å². The highest BCUT2D eigenvalue weighted by Gasteiger charge is 2.37. The molecular weight excluding hydrogens is 335 g/mol. The first-order valence-corrected chi connectivity index (χ1v) is 7.23. The Morgan fingerprint density at radius 3 is 2.48 bits per heavy atom. The fourth-order valence-electron chi connectivity index (χ4n) is 2.24. The van der Waals surface area contributed by atoms with E-state index in [-0.39, 0.29) is 11.4 Å². The van der Waals surface area contributed by atoms with Gasteiger partial charge in [-0.1, -0.05) is 42.3 Å². The van der Waals surface area contributed by atoms with Crippen molar-refractivity contribution < 1.29 is 23.0 Å². The topological polar surface area (TPSA) is 59.7 Å². The van der Waals surface area contributed by atoms with Gasteiger partial charge in [0.05, 0.1) is 0 Å². The third-order valence-electron chi connectivity index (χ3n) is 3.32. The van der Waals surface area contributed by atoms with E-state index in [0.717, 1.165) is 0 Å². The molecule has 0 aliphatic rings. The molecule has 0 saturated carbocycles. The second-order valence-corrected chi connectivity index (χ2v) is 5.06. The molecule has 2 heterocycles. The number of aliphatic hydroxyl groups is 1. The zero-order valence-electron chi connectivity index (χ0n) is 12.7. The first-order chi connectivity index (χ1) is 11.9. The van der Waals surface area contributed by atoms with Gasteiger partial charge >= 0.3 is 6.36 Å². The van der Waals surface area contributed by atoms with E-state index in [1.807, 2.05) is 0 Å². The number of rotatable bonds is 3. The molecule has 128 valence electrons. The van der Waals surface area contributed by atoms with Crippen LogP contribution < -0.4 is 0 Å². The van der Waals surface area contributed by atoms with Crippen molar-refractivity contribution in [3.63, 3.8) is 0 Å². The summed E-state index contributed by atoms with van der Waals surface area (Å²) >= 11 is 0. The maximum atomic E-state index is 12.7. The zero-order chi connectivity index (χ0) is 17.9. The molecule has 1 aromatic carbocycles. The van der Waals surface area contributed by atoms with Gasteiger partial charge in [-0.3, -0.25) is 9.14 Å². The molecule has 0 aliphatic carbocycles. The summed E-state index contributed by atoms with van der Waals surface area (Å²) in [6, 6.07) is 12.8. The third-order valence-corrected chi connectivity index (χ3v) is 3.32. The Hall–Kier alpha value is -2.89. The van der Waals surface area contributed by atoms with Crippen LogP contribution in [0.3, 0.4) is 0 Å². The fourth-order valence-corrected chi connectivity index (χ4v) is 2.24. The highest BCUT2D eigenvalue weighted by Crippen LogP contribution is 2.30. The van der Waals surface area contributed by atoms with Crippen molar-refractivity contribution in [1.29, 1.82) is 0 Å². The van der Waals surface area contributed by atoms with E-state index in [9.17, 15) is 18.3 Å². The van der Waals surface area contributed by atoms with Gasteiger partial charge in [-0.25, -0.2) is 0 Å². The highest BCUT2D eigenvalue weighted by atomic mass is 19.4. The maximum absolute atomic E-state index is 12.7. The van der Waals surface area contributed by atoms with Gasteiger partial charge in [-0.15, -0.1) is 23.4 Å². The Kier molecular flexibility index (Phi) is 4.70. The largest absolute Gasteiger partial charge is 0.523 e. The van der Waals surface area contributed by atoms with E-state index >= 15 is 0 Å². The van der Waals surface area contributed by atoms with Crippen molar-refractivity contribution in [2.24, 2.45) is 0 Å². The third kappa shape index (κ3) is 4.15. The Bertz CT molecular complexity index is 913. The minimum absolute atomic E-state index is 0.160. The van der Waals surface area contributed by atoms with E-state index in [0.29, 0.717) is 5.65 Å². The second-order valence-electron chi connectivity index (χ2n) is 5.06. The van der Waals surface area contributed by atoms with Crippen molar-refractivity contribution in [3.8, 4) is 11.8 Å². The van der Waals surface area contributed by atoms with Crippen molar-refractivity contribution >= 4 is 5.65 Å². The maximum Gasteiger partial charge on any atom is 0.523 e. The first kappa shape index (κ1) is 17.0. The lowest BCUT2D eigenvalue weighted by molar-refractivity contribution is -0.351. The van der Waals surface area contributed by atoms with Gasteiger partial charge in [0.2, 0.25) is 5.82 Å². The summed E-state index contributed by atoms with van der Waals surface area (Å²) in [6.07, 6.45) is -6.63. The van der Waals surface area contributed by atoms with Gasteiger partial charge in [-0.05, 0) is 23.6 Å². The molecule has 2 unspecified atom stereocenters. The Balaban J connectivity index is 1.90. The van der Waals surface area contributed by atoms with E-state index in [4.69, 9.17) is 0 Å². The lowest BCUT2D eigenvalue weighted by Crippen LogP contribution is -2.26. The minimum Gasteiger partial charge on any atom is -0.377 e. The van der Waals surface area contributed by atoms with Crippen LogP contribution >= 0.6 is 0 Å². The van der Waals surface area contributed by atoms with Crippen LogP contribution in [0.1, 0.15) is 17.5 Å². The number of aliphatic hydroxyl groups excluding tert-OH is 1. The van der Waals surface area contributed by atoms with Crippen LogP contribution in [-0.4, -0.2) is 32.2 Å². The first-order valence-electron chi connectivity index (χ1n) is 7.23. The molecule has 1 N–H and O–H groups in total. The van der Waals surface area contributed by atoms with Gasteiger partial charge in [0.25, 0.3) is 0 Å². The van der Waals surface area contributed by atoms with Gasteiger partial charge in [-0.2, -0.15) is 0 Å². The van der Waals surface area contributed by atoms with E-state index in [1.54, 1.807) is 47.0 Å². The standard InChI is InChI=1S/C17H12F3N3O2/c18-17(19,20)25-16(12-6-2-1-3-7-12)13(24)9-10-15-22-21-14-8-4-5-11-23(14)15/h1-8,11,13,16,24H. The van der Waals surface area contributed by atoms with Crippen LogP contribution in [0.25, 0.3) is 5.65 Å². The van der Waals surface area contributed by atoms with Crippen LogP contribution in [0, 0.1) is 11.8 Å². The Morgan fingerprint density at radius 1 is 1.04 bits per heavy atom. The summed E-state index contributed by atoms with van der Waals surface area (Å²) < 4.78 is 43.6. The molecule has 8 heteroatoms. The van der Waals surface area contributed by atoms with Crippen molar-refractivity contribution in [2.45, 2.75) is 18.6 Å². The summed E-state index contributed by atoms with van der Waals surface area (Å²) in [6.45, 7) is 0. The van der Waals surface area contributed by atoms with Crippen molar-refractivity contribution in [2.75, 3.05) is 0 Å². The van der Waals surface area contributed by atoms with E-state index in [1.165, 1.54) is 12.1 Å². The van der Waals surface area contributed by atoms with Gasteiger partial charge in [0.15, 0.2) is 5.65 Å². The van der Waals surface area contributed by atoms with Crippen LogP contribution in [0.2, 0.25) is 0 Å². The van der Waals surface area contributed by atoms with Gasteiger partial charge in [0, 0.05) is 6.20 Å². The molecule has 3 aromatic rings. The van der Waals surface area contributed by atoms with Gasteiger partial charge < -0.3 is 5.11 Å². The molecule has 2 aromatic heterocycles. The number of pyridine rings is 1. The predicted octanol–water partition coefficient (Wildman–Crippen LogP) is 2.72. The SMILES string of the molecule is OC(C#Cc1nnc2ccccn12)C(OC(F)(F)F)c1ccccc1. The van der Waals surface area contributed by atoms with E-state index in [2.05, 4.69) is 26.8 Å². The van der Waals surface area contributed by atoms with Crippen molar-refractivity contribution in [3.05, 3.63) is 66.1 Å². The summed E-state index contributed by atoms with van der Waals surface area (Å²) in [5, 5.41) is 17.9. The van der Waals surface area contributed by atoms with Crippen LogP contribution in [0.5, 0.6) is 0 Å². The minimum atomic E-state index is -4.91. The second kappa shape index (κ2) is 6.93. The average molecular weight is 347 g/mol. The number of ether oxygens (including phenoxy) is 1. The van der Waals surface area contributed by atoms with Crippen LogP contribution in [0.4, 0.5) is 13.2 Å². The number of alkyl halides is 3. The lowest BCUT2D eigenvalue weighted by Gasteiger charge is -2.21. The number of fused-ring (bicyclic) bond motifs is 1. The Labute approximate surface area is 140 Å². The molecular formula is C17H12F3N3O2. The molecule has 0 saturated heterocycles. The number of hydrogen-bond donors (Lipinski definition) is 1. The van der Waals surface area contributed by atoms with Crippen LogP contribution in [0.15, 0.2) is 54.7 Å². The lowest BCUT2D eigenvalue weighted by atomic mass is 10.0. The molecule has 5 nitrogen and oxygen atoms in total. The normalized spacial score (nSPS) is 13.9. The molecule has 0 aliphatic heterocycles. The molecule has 25 heavy (non-hydrogen) atoms. The molecule has 0 bridgehead atoms. The highest BCUT2D eigenvalue weighted by molar-refractivity contribution is 5.41. The van der Waals surface area contributed by atoms with Crippen molar-refractivity contribution in [1.82, 2.24) is 14.6 Å². The number of nitrogens with zero attached hydrogens (tertiary/aromatic N) is 3. The summed E-state index contributed by atoms with van der Waals surface area (Å²) in [5.41, 5.74) is 0.695. The quantitative estimate of drug-likeness (QED) is 0.740. The molecule has 0 amide bonds. The smallest absolute Gasteiger partial charge is 0.377 e. The molecule has 0 fully saturated rings. The molecule has 2 atom stereocenters. The number of aromatic nitrogens is 3.